The van der Waals surface area contributed by atoms with Gasteiger partial charge in [-0.15, -0.1) is 0 Å². The lowest BCUT2D eigenvalue weighted by atomic mass is 9.96. The molecule has 3 rings (SSSR count). The number of sulfone groups is 1. The summed E-state index contributed by atoms with van der Waals surface area (Å²) in [5.41, 5.74) is 1.24. The molecule has 0 spiro atoms. The van der Waals surface area contributed by atoms with Gasteiger partial charge < -0.3 is 10.4 Å². The summed E-state index contributed by atoms with van der Waals surface area (Å²) in [5.74, 6) is 0.0226. The van der Waals surface area contributed by atoms with Crippen LogP contribution < -0.4 is 5.32 Å². The Bertz CT molecular complexity index is 774. The van der Waals surface area contributed by atoms with Gasteiger partial charge in [0.2, 0.25) is 0 Å². The maximum absolute atomic E-state index is 12.2. The molecule has 1 atom stereocenters. The molecule has 1 unspecified atom stereocenters. The van der Waals surface area contributed by atoms with Gasteiger partial charge in [0.1, 0.15) is 5.60 Å². The molecule has 5 heteroatoms. The number of fused-ring (bicyclic) bond motifs is 1. The van der Waals surface area contributed by atoms with Gasteiger partial charge in [0.15, 0.2) is 9.84 Å². The van der Waals surface area contributed by atoms with Gasteiger partial charge in [-0.1, -0.05) is 42.5 Å². The second-order valence-corrected chi connectivity index (χ2v) is 8.11. The van der Waals surface area contributed by atoms with E-state index in [0.29, 0.717) is 24.4 Å². The molecule has 4 nitrogen and oxygen atoms in total. The minimum atomic E-state index is -3.28. The summed E-state index contributed by atoms with van der Waals surface area (Å²) in [4.78, 5) is 0.340. The largest absolute Gasteiger partial charge is 0.384 e. The summed E-state index contributed by atoms with van der Waals surface area (Å²) in [5, 5.41) is 13.9. The van der Waals surface area contributed by atoms with E-state index in [9.17, 15) is 13.5 Å². The van der Waals surface area contributed by atoms with E-state index in [2.05, 4.69) is 5.32 Å². The van der Waals surface area contributed by atoms with Crippen molar-refractivity contribution >= 4 is 9.84 Å². The van der Waals surface area contributed by atoms with Crippen molar-refractivity contribution in [3.05, 3.63) is 65.7 Å². The minimum absolute atomic E-state index is 0.0226. The Morgan fingerprint density at radius 1 is 1.04 bits per heavy atom. The molecule has 1 aliphatic carbocycles. The number of aryl methyl sites for hydroxylation is 1. The Labute approximate surface area is 137 Å². The van der Waals surface area contributed by atoms with Crippen molar-refractivity contribution < 1.29 is 13.5 Å². The van der Waals surface area contributed by atoms with Crippen LogP contribution in [-0.4, -0.2) is 32.4 Å². The smallest absolute Gasteiger partial charge is 0.179 e. The van der Waals surface area contributed by atoms with Crippen LogP contribution in [0.15, 0.2) is 59.5 Å². The molecule has 2 N–H and O–H groups in total. The van der Waals surface area contributed by atoms with Gasteiger partial charge >= 0.3 is 0 Å². The number of benzene rings is 2. The average Bonchev–Trinajstić information content (AvgIpc) is 2.91. The molecule has 2 aromatic carbocycles. The molecule has 2 aromatic rings. The molecule has 0 aliphatic heterocycles. The summed E-state index contributed by atoms with van der Waals surface area (Å²) in [6.45, 7) is 0.691. The first-order chi connectivity index (χ1) is 11.0. The van der Waals surface area contributed by atoms with Gasteiger partial charge in [-0.2, -0.15) is 0 Å². The van der Waals surface area contributed by atoms with Crippen LogP contribution in [0.3, 0.4) is 0 Å². The molecule has 0 bridgehead atoms. The van der Waals surface area contributed by atoms with Gasteiger partial charge in [-0.25, -0.2) is 8.42 Å². The third kappa shape index (κ3) is 3.47. The number of hydrogen-bond donors (Lipinski definition) is 2. The second-order valence-electron chi connectivity index (χ2n) is 6.00. The molecule has 0 aromatic heterocycles. The molecule has 0 saturated heterocycles. The van der Waals surface area contributed by atoms with Crippen molar-refractivity contribution in [2.45, 2.75) is 23.3 Å². The molecule has 0 heterocycles. The zero-order valence-electron chi connectivity index (χ0n) is 12.9. The molecule has 0 amide bonds. The van der Waals surface area contributed by atoms with Gasteiger partial charge in [0.25, 0.3) is 0 Å². The van der Waals surface area contributed by atoms with E-state index in [0.717, 1.165) is 12.0 Å². The third-order valence-electron chi connectivity index (χ3n) is 4.39. The lowest BCUT2D eigenvalue weighted by Gasteiger charge is -2.24. The van der Waals surface area contributed by atoms with E-state index in [-0.39, 0.29) is 5.75 Å². The second kappa shape index (κ2) is 6.43. The van der Waals surface area contributed by atoms with E-state index in [4.69, 9.17) is 0 Å². The Hall–Kier alpha value is -1.69. The number of nitrogens with one attached hydrogen (secondary N) is 1. The highest BCUT2D eigenvalue weighted by Crippen LogP contribution is 2.36. The molecule has 0 saturated carbocycles. The third-order valence-corrected chi connectivity index (χ3v) is 6.13. The van der Waals surface area contributed by atoms with Crippen molar-refractivity contribution in [2.75, 3.05) is 18.8 Å². The molecule has 122 valence electrons. The van der Waals surface area contributed by atoms with Gasteiger partial charge in [-0.3, -0.25) is 0 Å². The first-order valence-corrected chi connectivity index (χ1v) is 9.46. The lowest BCUT2D eigenvalue weighted by molar-refractivity contribution is 0.0394. The predicted molar refractivity (Wildman–Crippen MR) is 90.0 cm³/mol. The monoisotopic (exact) mass is 331 g/mol. The van der Waals surface area contributed by atoms with Crippen molar-refractivity contribution in [2.24, 2.45) is 0 Å². The molecular weight excluding hydrogens is 310 g/mol. The Morgan fingerprint density at radius 2 is 1.74 bits per heavy atom. The van der Waals surface area contributed by atoms with Crippen LogP contribution in [0, 0.1) is 0 Å². The number of aliphatic hydroxyl groups is 1. The maximum Gasteiger partial charge on any atom is 0.179 e. The standard InChI is InChI=1S/C18H21NO3S/c20-18(11-10-15-6-4-5-9-17(15)18)14-19-12-13-23(21,22)16-7-2-1-3-8-16/h1-9,19-20H,10-14H2. The Balaban J connectivity index is 1.57. The van der Waals surface area contributed by atoms with Crippen LogP contribution in [0.25, 0.3) is 0 Å². The minimum Gasteiger partial charge on any atom is -0.384 e. The van der Waals surface area contributed by atoms with Gasteiger partial charge in [0.05, 0.1) is 10.6 Å². The van der Waals surface area contributed by atoms with Crippen LogP contribution in [0.1, 0.15) is 17.5 Å². The van der Waals surface area contributed by atoms with Gasteiger partial charge in [0, 0.05) is 13.1 Å². The van der Waals surface area contributed by atoms with Crippen molar-refractivity contribution in [3.8, 4) is 0 Å². The van der Waals surface area contributed by atoms with E-state index < -0.39 is 15.4 Å². The highest BCUT2D eigenvalue weighted by Gasteiger charge is 2.35. The number of rotatable bonds is 6. The van der Waals surface area contributed by atoms with E-state index in [1.165, 1.54) is 5.56 Å². The lowest BCUT2D eigenvalue weighted by Crippen LogP contribution is -2.38. The van der Waals surface area contributed by atoms with E-state index >= 15 is 0 Å². The normalized spacial score (nSPS) is 20.4. The van der Waals surface area contributed by atoms with Crippen molar-refractivity contribution in [1.29, 1.82) is 0 Å². The Morgan fingerprint density at radius 3 is 2.52 bits per heavy atom. The first kappa shape index (κ1) is 16.2. The SMILES string of the molecule is O=S(=O)(CCNCC1(O)CCc2ccccc21)c1ccccc1. The summed E-state index contributed by atoms with van der Waals surface area (Å²) in [6, 6.07) is 16.3. The topological polar surface area (TPSA) is 66.4 Å². The Kier molecular flexibility index (Phi) is 4.53. The maximum atomic E-state index is 12.2. The summed E-state index contributed by atoms with van der Waals surface area (Å²) in [7, 11) is -3.28. The van der Waals surface area contributed by atoms with Crippen LogP contribution >= 0.6 is 0 Å². The molecule has 23 heavy (non-hydrogen) atoms. The molecule has 0 radical (unpaired) electrons. The van der Waals surface area contributed by atoms with Crippen LogP contribution in [0.5, 0.6) is 0 Å². The first-order valence-electron chi connectivity index (χ1n) is 7.81. The quantitative estimate of drug-likeness (QED) is 0.793. The van der Waals surface area contributed by atoms with Crippen molar-refractivity contribution in [3.63, 3.8) is 0 Å². The molecule has 1 aliphatic rings. The highest BCUT2D eigenvalue weighted by atomic mass is 32.2. The van der Waals surface area contributed by atoms with E-state index in [1.54, 1.807) is 30.3 Å². The zero-order valence-corrected chi connectivity index (χ0v) is 13.7. The predicted octanol–water partition coefficient (Wildman–Crippen LogP) is 1.88. The average molecular weight is 331 g/mol. The summed E-state index contributed by atoms with van der Waals surface area (Å²) < 4.78 is 24.4. The number of hydrogen-bond acceptors (Lipinski definition) is 4. The molecule has 0 fully saturated rings. The van der Waals surface area contributed by atoms with Crippen LogP contribution in [0.4, 0.5) is 0 Å². The fourth-order valence-corrected chi connectivity index (χ4v) is 4.32. The van der Waals surface area contributed by atoms with Gasteiger partial charge in [-0.05, 0) is 36.1 Å². The fraction of sp³-hybridized carbons (Fsp3) is 0.333. The van der Waals surface area contributed by atoms with Crippen molar-refractivity contribution in [1.82, 2.24) is 5.32 Å². The molecular formula is C18H21NO3S. The van der Waals surface area contributed by atoms with E-state index in [1.807, 2.05) is 24.3 Å². The highest BCUT2D eigenvalue weighted by molar-refractivity contribution is 7.91. The zero-order chi connectivity index (χ0) is 16.3. The van der Waals surface area contributed by atoms with Crippen LogP contribution in [0.2, 0.25) is 0 Å². The summed E-state index contributed by atoms with van der Waals surface area (Å²) in [6.07, 6.45) is 1.53. The summed E-state index contributed by atoms with van der Waals surface area (Å²) >= 11 is 0. The fourth-order valence-electron chi connectivity index (χ4n) is 3.10. The van der Waals surface area contributed by atoms with Crippen LogP contribution in [-0.2, 0) is 21.9 Å².